The number of unbranched alkanes of at least 4 members (excludes halogenated alkanes) is 34. The van der Waals surface area contributed by atoms with Gasteiger partial charge in [-0.25, -0.2) is 0 Å². The lowest BCUT2D eigenvalue weighted by molar-refractivity contribution is -0.167. The number of hydrogen-bond donors (Lipinski definition) is 0. The molecule has 0 aliphatic carbocycles. The summed E-state index contributed by atoms with van der Waals surface area (Å²) in [7, 11) is 0. The van der Waals surface area contributed by atoms with E-state index in [0.717, 1.165) is 69.6 Å². The fourth-order valence-corrected chi connectivity index (χ4v) is 8.63. The van der Waals surface area contributed by atoms with Crippen LogP contribution in [-0.4, -0.2) is 37.2 Å². The zero-order chi connectivity index (χ0) is 46.1. The first-order valence-electron chi connectivity index (χ1n) is 28.3. The highest BCUT2D eigenvalue weighted by Gasteiger charge is 2.19. The van der Waals surface area contributed by atoms with Crippen LogP contribution in [-0.2, 0) is 28.6 Å². The van der Waals surface area contributed by atoms with Gasteiger partial charge in [0.15, 0.2) is 6.10 Å². The molecule has 0 N–H and O–H groups in total. The van der Waals surface area contributed by atoms with Crippen LogP contribution < -0.4 is 0 Å². The maximum absolute atomic E-state index is 12.8. The van der Waals surface area contributed by atoms with Gasteiger partial charge in [-0.1, -0.05) is 279 Å². The Morgan fingerprint density at radius 1 is 0.317 bits per heavy atom. The van der Waals surface area contributed by atoms with Gasteiger partial charge in [-0.2, -0.15) is 0 Å². The summed E-state index contributed by atoms with van der Waals surface area (Å²) in [5.41, 5.74) is 0. The Balaban J connectivity index is 4.19. The maximum atomic E-state index is 12.8. The minimum atomic E-state index is -0.762. The van der Waals surface area contributed by atoms with Gasteiger partial charge in [-0.15, -0.1) is 0 Å². The molecule has 0 bridgehead atoms. The van der Waals surface area contributed by atoms with Crippen LogP contribution in [0.5, 0.6) is 0 Å². The number of esters is 3. The number of hydrogen-bond acceptors (Lipinski definition) is 6. The quantitative estimate of drug-likeness (QED) is 0.0344. The first kappa shape index (κ1) is 61.4. The summed E-state index contributed by atoms with van der Waals surface area (Å²) in [6.07, 6.45) is 52.4. The fraction of sp³-hybridized carbons (Fsp3) is 0.947. The van der Waals surface area contributed by atoms with E-state index in [1.54, 1.807) is 0 Å². The highest BCUT2D eigenvalue weighted by atomic mass is 16.6. The lowest BCUT2D eigenvalue weighted by Gasteiger charge is -2.18. The SMILES string of the molecule is CCCCCCCCCCCCCCCC(=O)O[C@H](COC(=O)CCCCCCCCCCCCCCCCCCCCC(C)CC)COC(=O)CCCCCCCCC(C)CC. The topological polar surface area (TPSA) is 78.9 Å². The van der Waals surface area contributed by atoms with E-state index in [9.17, 15) is 14.4 Å². The zero-order valence-electron chi connectivity index (χ0n) is 43.2. The molecule has 0 aliphatic rings. The monoisotopic (exact) mass is 891 g/mol. The molecule has 3 atom stereocenters. The van der Waals surface area contributed by atoms with Crippen molar-refractivity contribution in [1.29, 1.82) is 0 Å². The maximum Gasteiger partial charge on any atom is 0.306 e. The molecule has 0 fully saturated rings. The molecule has 0 aromatic rings. The molecular formula is C57H110O6. The predicted molar refractivity (Wildman–Crippen MR) is 270 cm³/mol. The van der Waals surface area contributed by atoms with E-state index in [-0.39, 0.29) is 31.1 Å². The van der Waals surface area contributed by atoms with Gasteiger partial charge in [0.05, 0.1) is 0 Å². The average Bonchev–Trinajstić information content (AvgIpc) is 3.28. The lowest BCUT2D eigenvalue weighted by atomic mass is 9.99. The highest BCUT2D eigenvalue weighted by molar-refractivity contribution is 5.71. The first-order valence-corrected chi connectivity index (χ1v) is 28.3. The molecule has 0 spiro atoms. The number of carbonyl (C=O) groups excluding carboxylic acids is 3. The molecule has 63 heavy (non-hydrogen) atoms. The van der Waals surface area contributed by atoms with Crippen molar-refractivity contribution in [1.82, 2.24) is 0 Å². The van der Waals surface area contributed by atoms with Crippen LogP contribution >= 0.6 is 0 Å². The van der Waals surface area contributed by atoms with Gasteiger partial charge in [0, 0.05) is 19.3 Å². The molecule has 0 amide bonds. The number of ether oxygens (including phenoxy) is 3. The van der Waals surface area contributed by atoms with Gasteiger partial charge in [0.1, 0.15) is 13.2 Å². The summed E-state index contributed by atoms with van der Waals surface area (Å²) in [5, 5.41) is 0. The molecule has 0 aromatic carbocycles. The van der Waals surface area contributed by atoms with Crippen LogP contribution in [0.1, 0.15) is 317 Å². The predicted octanol–water partition coefficient (Wildman–Crippen LogP) is 18.5. The molecule has 0 aromatic heterocycles. The van der Waals surface area contributed by atoms with Gasteiger partial charge in [0.2, 0.25) is 0 Å². The Morgan fingerprint density at radius 2 is 0.556 bits per heavy atom. The molecule has 6 heteroatoms. The molecule has 0 aliphatic heterocycles. The number of rotatable bonds is 51. The van der Waals surface area contributed by atoms with E-state index in [0.29, 0.717) is 19.3 Å². The Labute approximate surface area is 393 Å². The van der Waals surface area contributed by atoms with Crippen LogP contribution in [0.25, 0.3) is 0 Å². The van der Waals surface area contributed by atoms with Crippen molar-refractivity contribution >= 4 is 17.9 Å². The lowest BCUT2D eigenvalue weighted by Crippen LogP contribution is -2.30. The molecule has 0 saturated carbocycles. The van der Waals surface area contributed by atoms with Crippen molar-refractivity contribution in [2.45, 2.75) is 323 Å². The van der Waals surface area contributed by atoms with Crippen molar-refractivity contribution in [3.63, 3.8) is 0 Å². The van der Waals surface area contributed by atoms with Gasteiger partial charge in [-0.3, -0.25) is 14.4 Å². The van der Waals surface area contributed by atoms with Crippen molar-refractivity contribution in [2.24, 2.45) is 11.8 Å². The average molecular weight is 892 g/mol. The normalized spacial score (nSPS) is 12.9. The summed E-state index contributed by atoms with van der Waals surface area (Å²) in [6.45, 7) is 11.4. The van der Waals surface area contributed by atoms with Gasteiger partial charge in [0.25, 0.3) is 0 Å². The Hall–Kier alpha value is -1.59. The third-order valence-corrected chi connectivity index (χ3v) is 13.7. The molecule has 6 nitrogen and oxygen atoms in total. The van der Waals surface area contributed by atoms with Gasteiger partial charge >= 0.3 is 17.9 Å². The Kier molecular flexibility index (Phi) is 48.6. The second kappa shape index (κ2) is 49.8. The minimum absolute atomic E-state index is 0.0636. The smallest absolute Gasteiger partial charge is 0.306 e. The van der Waals surface area contributed by atoms with Crippen LogP contribution in [0.15, 0.2) is 0 Å². The third-order valence-electron chi connectivity index (χ3n) is 13.7. The number of carbonyl (C=O) groups is 3. The third kappa shape index (κ3) is 48.2. The molecule has 0 rings (SSSR count). The highest BCUT2D eigenvalue weighted by Crippen LogP contribution is 2.19. The van der Waals surface area contributed by atoms with Crippen LogP contribution in [0, 0.1) is 11.8 Å². The van der Waals surface area contributed by atoms with Crippen LogP contribution in [0.4, 0.5) is 0 Å². The zero-order valence-corrected chi connectivity index (χ0v) is 43.2. The van der Waals surface area contributed by atoms with E-state index in [1.807, 2.05) is 0 Å². The van der Waals surface area contributed by atoms with E-state index < -0.39 is 6.10 Å². The molecule has 0 heterocycles. The minimum Gasteiger partial charge on any atom is -0.462 e. The van der Waals surface area contributed by atoms with Gasteiger partial charge in [-0.05, 0) is 31.1 Å². The van der Waals surface area contributed by atoms with Crippen molar-refractivity contribution in [2.75, 3.05) is 13.2 Å². The second-order valence-corrected chi connectivity index (χ2v) is 20.1. The molecule has 2 unspecified atom stereocenters. The first-order chi connectivity index (χ1) is 30.8. The Bertz CT molecular complexity index is 966. The van der Waals surface area contributed by atoms with E-state index in [4.69, 9.17) is 14.2 Å². The summed E-state index contributed by atoms with van der Waals surface area (Å²) >= 11 is 0. The van der Waals surface area contributed by atoms with Crippen LogP contribution in [0.3, 0.4) is 0 Å². The molecular weight excluding hydrogens is 781 g/mol. The summed E-state index contributed by atoms with van der Waals surface area (Å²) in [4.78, 5) is 38.0. The van der Waals surface area contributed by atoms with E-state index >= 15 is 0 Å². The largest absolute Gasteiger partial charge is 0.462 e. The van der Waals surface area contributed by atoms with Crippen molar-refractivity contribution in [3.05, 3.63) is 0 Å². The van der Waals surface area contributed by atoms with Crippen LogP contribution in [0.2, 0.25) is 0 Å². The second-order valence-electron chi connectivity index (χ2n) is 20.1. The Morgan fingerprint density at radius 3 is 0.825 bits per heavy atom. The summed E-state index contributed by atoms with van der Waals surface area (Å²) in [6, 6.07) is 0. The molecule has 374 valence electrons. The van der Waals surface area contributed by atoms with E-state index in [1.165, 1.54) is 205 Å². The molecule has 0 radical (unpaired) electrons. The standard InChI is InChI=1S/C57H110O6/c1-6-9-10-11-12-13-14-21-26-29-32-39-44-49-57(60)63-54(51-62-56(59)48-43-38-34-33-36-41-46-53(5)8-3)50-61-55(58)47-42-37-31-28-25-23-20-18-16-15-17-19-22-24-27-30-35-40-45-52(4)7-2/h52-54H,6-51H2,1-5H3/t52?,53?,54-/m1/s1. The summed E-state index contributed by atoms with van der Waals surface area (Å²) < 4.78 is 16.8. The van der Waals surface area contributed by atoms with E-state index in [2.05, 4.69) is 34.6 Å². The van der Waals surface area contributed by atoms with Crippen molar-refractivity contribution in [3.8, 4) is 0 Å². The fourth-order valence-electron chi connectivity index (χ4n) is 8.63. The molecule has 0 saturated heterocycles. The van der Waals surface area contributed by atoms with Gasteiger partial charge < -0.3 is 14.2 Å². The summed E-state index contributed by atoms with van der Waals surface area (Å²) in [5.74, 6) is 0.878. The van der Waals surface area contributed by atoms with Crippen molar-refractivity contribution < 1.29 is 28.6 Å².